The molecule has 0 amide bonds. The number of hydrogen-bond acceptors (Lipinski definition) is 2. The van der Waals surface area contributed by atoms with Crippen LogP contribution in [0.5, 0.6) is 0 Å². The molecule has 0 fully saturated rings. The molecular formula is C13H19BrFNO. The maximum absolute atomic E-state index is 13.2. The van der Waals surface area contributed by atoms with E-state index in [2.05, 4.69) is 21.2 Å². The van der Waals surface area contributed by atoms with Gasteiger partial charge in [-0.1, -0.05) is 12.1 Å². The summed E-state index contributed by atoms with van der Waals surface area (Å²) >= 11 is 3.28. The first kappa shape index (κ1) is 14.6. The highest BCUT2D eigenvalue weighted by atomic mass is 79.9. The summed E-state index contributed by atoms with van der Waals surface area (Å²) in [6.07, 6.45) is 3.05. The molecule has 1 aromatic carbocycles. The number of rotatable bonds is 8. The smallest absolute Gasteiger partial charge is 0.137 e. The minimum Gasteiger partial charge on any atom is -0.383 e. The fraction of sp³-hybridized carbons (Fsp3) is 0.538. The van der Waals surface area contributed by atoms with Crippen molar-refractivity contribution in [3.8, 4) is 0 Å². The zero-order valence-corrected chi connectivity index (χ0v) is 11.7. The van der Waals surface area contributed by atoms with Gasteiger partial charge >= 0.3 is 0 Å². The molecule has 0 radical (unpaired) electrons. The van der Waals surface area contributed by atoms with Gasteiger partial charge in [0, 0.05) is 13.7 Å². The van der Waals surface area contributed by atoms with E-state index in [4.69, 9.17) is 4.74 Å². The third-order valence-electron chi connectivity index (χ3n) is 2.56. The second kappa shape index (κ2) is 8.61. The van der Waals surface area contributed by atoms with E-state index in [0.717, 1.165) is 44.5 Å². The van der Waals surface area contributed by atoms with Gasteiger partial charge in [0.05, 0.1) is 11.1 Å². The molecule has 17 heavy (non-hydrogen) atoms. The second-order valence-corrected chi connectivity index (χ2v) is 4.71. The van der Waals surface area contributed by atoms with Crippen LogP contribution in [-0.4, -0.2) is 26.8 Å². The average molecular weight is 304 g/mol. The Morgan fingerprint density at radius 3 is 2.88 bits per heavy atom. The molecule has 0 bridgehead atoms. The van der Waals surface area contributed by atoms with Crippen LogP contribution in [0.4, 0.5) is 4.39 Å². The number of ether oxygens (including phenoxy) is 1. The minimum atomic E-state index is -0.180. The number of hydrogen-bond donors (Lipinski definition) is 1. The predicted octanol–water partition coefficient (Wildman–Crippen LogP) is 3.15. The van der Waals surface area contributed by atoms with Gasteiger partial charge in [0.1, 0.15) is 5.82 Å². The highest BCUT2D eigenvalue weighted by Gasteiger charge is 2.04. The summed E-state index contributed by atoms with van der Waals surface area (Å²) in [5.74, 6) is -0.180. The van der Waals surface area contributed by atoms with E-state index in [-0.39, 0.29) is 5.82 Å². The Kier molecular flexibility index (Phi) is 7.40. The quantitative estimate of drug-likeness (QED) is 0.745. The van der Waals surface area contributed by atoms with Crippen molar-refractivity contribution in [1.29, 1.82) is 0 Å². The zero-order valence-electron chi connectivity index (χ0n) is 10.1. The summed E-state index contributed by atoms with van der Waals surface area (Å²) in [6.45, 7) is 2.62. The Morgan fingerprint density at radius 1 is 1.29 bits per heavy atom. The summed E-state index contributed by atoms with van der Waals surface area (Å²) in [7, 11) is 1.70. The van der Waals surface area contributed by atoms with E-state index in [0.29, 0.717) is 4.47 Å². The van der Waals surface area contributed by atoms with Crippen LogP contribution in [0, 0.1) is 5.82 Å². The van der Waals surface area contributed by atoms with Gasteiger partial charge in [-0.15, -0.1) is 0 Å². The molecule has 1 aromatic rings. The van der Waals surface area contributed by atoms with Crippen LogP contribution in [0.3, 0.4) is 0 Å². The monoisotopic (exact) mass is 303 g/mol. The summed E-state index contributed by atoms with van der Waals surface area (Å²) in [6, 6.07) is 5.19. The number of aryl methyl sites for hydroxylation is 1. The van der Waals surface area contributed by atoms with Gasteiger partial charge in [0.25, 0.3) is 0 Å². The summed E-state index contributed by atoms with van der Waals surface area (Å²) in [5.41, 5.74) is 1.04. The van der Waals surface area contributed by atoms with E-state index < -0.39 is 0 Å². The molecule has 0 saturated carbocycles. The van der Waals surface area contributed by atoms with Crippen LogP contribution in [0.15, 0.2) is 22.7 Å². The van der Waals surface area contributed by atoms with Crippen molar-refractivity contribution >= 4 is 15.9 Å². The number of benzene rings is 1. The number of methoxy groups -OCH3 is 1. The number of unbranched alkanes of at least 4 members (excludes halogenated alkanes) is 1. The lowest BCUT2D eigenvalue weighted by molar-refractivity contribution is 0.199. The molecule has 0 aliphatic heterocycles. The average Bonchev–Trinajstić information content (AvgIpc) is 2.33. The van der Waals surface area contributed by atoms with Crippen LogP contribution in [0.2, 0.25) is 0 Å². The minimum absolute atomic E-state index is 0.180. The normalized spacial score (nSPS) is 10.8. The lowest BCUT2D eigenvalue weighted by Gasteiger charge is -2.06. The van der Waals surface area contributed by atoms with Crippen LogP contribution in [0.25, 0.3) is 0 Å². The van der Waals surface area contributed by atoms with E-state index in [1.165, 1.54) is 6.07 Å². The van der Waals surface area contributed by atoms with Gasteiger partial charge < -0.3 is 10.1 Å². The molecule has 0 spiro atoms. The molecule has 0 atom stereocenters. The standard InChI is InChI=1S/C13H19BrFNO/c1-17-10-9-16-8-3-2-5-11-6-4-7-12(15)13(11)14/h4,6-7,16H,2-3,5,8-10H2,1H3. The predicted molar refractivity (Wildman–Crippen MR) is 71.8 cm³/mol. The van der Waals surface area contributed by atoms with Crippen LogP contribution in [-0.2, 0) is 11.2 Å². The molecular weight excluding hydrogens is 285 g/mol. The van der Waals surface area contributed by atoms with Crippen molar-refractivity contribution in [2.45, 2.75) is 19.3 Å². The molecule has 0 aliphatic rings. The Balaban J connectivity index is 2.16. The Labute approximate surface area is 111 Å². The number of halogens is 2. The number of nitrogens with one attached hydrogen (secondary N) is 1. The fourth-order valence-corrected chi connectivity index (χ4v) is 2.07. The Morgan fingerprint density at radius 2 is 2.12 bits per heavy atom. The highest BCUT2D eigenvalue weighted by Crippen LogP contribution is 2.21. The first-order valence-corrected chi connectivity index (χ1v) is 6.67. The first-order chi connectivity index (χ1) is 8.25. The molecule has 1 N–H and O–H groups in total. The van der Waals surface area contributed by atoms with E-state index in [1.807, 2.05) is 6.07 Å². The second-order valence-electron chi connectivity index (χ2n) is 3.91. The highest BCUT2D eigenvalue weighted by molar-refractivity contribution is 9.10. The maximum Gasteiger partial charge on any atom is 0.137 e. The molecule has 1 rings (SSSR count). The zero-order chi connectivity index (χ0) is 12.5. The fourth-order valence-electron chi connectivity index (χ4n) is 1.61. The van der Waals surface area contributed by atoms with Crippen molar-refractivity contribution in [3.63, 3.8) is 0 Å². The van der Waals surface area contributed by atoms with Gasteiger partial charge in [0.15, 0.2) is 0 Å². The van der Waals surface area contributed by atoms with Gasteiger partial charge in [-0.2, -0.15) is 0 Å². The van der Waals surface area contributed by atoms with Crippen LogP contribution < -0.4 is 5.32 Å². The van der Waals surface area contributed by atoms with E-state index in [1.54, 1.807) is 13.2 Å². The van der Waals surface area contributed by atoms with Crippen molar-refractivity contribution in [1.82, 2.24) is 5.32 Å². The molecule has 2 nitrogen and oxygen atoms in total. The lowest BCUT2D eigenvalue weighted by atomic mass is 10.1. The molecule has 4 heteroatoms. The topological polar surface area (TPSA) is 21.3 Å². The van der Waals surface area contributed by atoms with Gasteiger partial charge in [0.2, 0.25) is 0 Å². The van der Waals surface area contributed by atoms with Crippen LogP contribution in [0.1, 0.15) is 18.4 Å². The van der Waals surface area contributed by atoms with Crippen molar-refractivity contribution in [2.24, 2.45) is 0 Å². The lowest BCUT2D eigenvalue weighted by Crippen LogP contribution is -2.20. The van der Waals surface area contributed by atoms with Crippen molar-refractivity contribution < 1.29 is 9.13 Å². The summed E-state index contributed by atoms with van der Waals surface area (Å²) in [5, 5.41) is 3.29. The van der Waals surface area contributed by atoms with Crippen molar-refractivity contribution in [2.75, 3.05) is 26.8 Å². The maximum atomic E-state index is 13.2. The van der Waals surface area contributed by atoms with E-state index >= 15 is 0 Å². The molecule has 0 aromatic heterocycles. The largest absolute Gasteiger partial charge is 0.383 e. The van der Waals surface area contributed by atoms with Crippen molar-refractivity contribution in [3.05, 3.63) is 34.1 Å². The Hall–Kier alpha value is -0.450. The molecule has 0 heterocycles. The molecule has 96 valence electrons. The van der Waals surface area contributed by atoms with Gasteiger partial charge in [-0.25, -0.2) is 4.39 Å². The molecule has 0 unspecified atom stereocenters. The molecule has 0 saturated heterocycles. The molecule has 0 aliphatic carbocycles. The van der Waals surface area contributed by atoms with Crippen LogP contribution >= 0.6 is 15.9 Å². The SMILES string of the molecule is COCCNCCCCc1cccc(F)c1Br. The van der Waals surface area contributed by atoms with E-state index in [9.17, 15) is 4.39 Å². The summed E-state index contributed by atoms with van der Waals surface area (Å²) < 4.78 is 18.8. The van der Waals surface area contributed by atoms with Gasteiger partial charge in [-0.3, -0.25) is 0 Å². The third-order valence-corrected chi connectivity index (χ3v) is 3.45. The third kappa shape index (κ3) is 5.61. The van der Waals surface area contributed by atoms with Gasteiger partial charge in [-0.05, 0) is 53.4 Å². The summed E-state index contributed by atoms with van der Waals surface area (Å²) in [4.78, 5) is 0. The first-order valence-electron chi connectivity index (χ1n) is 5.88. The Bertz CT molecular complexity index is 333.